The lowest BCUT2D eigenvalue weighted by molar-refractivity contribution is 0.587. The van der Waals surface area contributed by atoms with Gasteiger partial charge in [0, 0.05) is 11.3 Å². The van der Waals surface area contributed by atoms with Gasteiger partial charge in [-0.05, 0) is 22.9 Å². The van der Waals surface area contributed by atoms with Gasteiger partial charge in [-0.3, -0.25) is 0 Å². The molecule has 0 amide bonds. The van der Waals surface area contributed by atoms with E-state index in [-0.39, 0.29) is 10.2 Å². The molecule has 0 fully saturated rings. The van der Waals surface area contributed by atoms with Crippen LogP contribution in [0, 0.1) is 0 Å². The normalized spacial score (nSPS) is 14.4. The lowest BCUT2D eigenvalue weighted by Crippen LogP contribution is -2.19. The monoisotopic (exact) mass is 303 g/mol. The first-order chi connectivity index (χ1) is 5.98. The summed E-state index contributed by atoms with van der Waals surface area (Å²) >= 11 is 9.67. The summed E-state index contributed by atoms with van der Waals surface area (Å²) in [7, 11) is -3.32. The van der Waals surface area contributed by atoms with E-state index >= 15 is 0 Å². The van der Waals surface area contributed by atoms with E-state index in [1.807, 2.05) is 0 Å². The second kappa shape index (κ2) is 4.25. The van der Waals surface area contributed by atoms with E-state index < -0.39 is 15.1 Å². The molecule has 1 unspecified atom stereocenters. The third-order valence-electron chi connectivity index (χ3n) is 1.45. The molecule has 13 heavy (non-hydrogen) atoms. The third-order valence-corrected chi connectivity index (χ3v) is 6.22. The molecular formula is C6H7BrClNO2S2. The first kappa shape index (κ1) is 11.4. The molecule has 0 aromatic carbocycles. The number of thiazole rings is 1. The molecule has 0 bridgehead atoms. The van der Waals surface area contributed by atoms with Crippen LogP contribution in [0.2, 0.25) is 0 Å². The van der Waals surface area contributed by atoms with Crippen LogP contribution in [0.4, 0.5) is 0 Å². The second-order valence-electron chi connectivity index (χ2n) is 2.45. The van der Waals surface area contributed by atoms with Crippen LogP contribution in [0.3, 0.4) is 0 Å². The number of aromatic nitrogens is 1. The SMILES string of the molecule is CC(CCl)S(=O)(=O)c1nc(Br)cs1. The summed E-state index contributed by atoms with van der Waals surface area (Å²) in [6.45, 7) is 1.57. The first-order valence-electron chi connectivity index (χ1n) is 3.39. The zero-order valence-electron chi connectivity index (χ0n) is 6.70. The molecule has 3 nitrogen and oxygen atoms in total. The van der Waals surface area contributed by atoms with E-state index in [0.717, 1.165) is 11.3 Å². The van der Waals surface area contributed by atoms with Gasteiger partial charge in [-0.25, -0.2) is 13.4 Å². The Hall–Kier alpha value is 0.350. The van der Waals surface area contributed by atoms with E-state index in [4.69, 9.17) is 11.6 Å². The van der Waals surface area contributed by atoms with Crippen LogP contribution in [0.25, 0.3) is 0 Å². The minimum absolute atomic E-state index is 0.0829. The molecule has 0 saturated carbocycles. The van der Waals surface area contributed by atoms with Gasteiger partial charge in [0.1, 0.15) is 4.60 Å². The molecule has 1 aromatic rings. The van der Waals surface area contributed by atoms with Crippen molar-refractivity contribution in [3.8, 4) is 0 Å². The molecule has 0 aliphatic heterocycles. The molecule has 1 heterocycles. The second-order valence-corrected chi connectivity index (χ2v) is 6.97. The Morgan fingerprint density at radius 2 is 2.38 bits per heavy atom. The lowest BCUT2D eigenvalue weighted by Gasteiger charge is -2.05. The van der Waals surface area contributed by atoms with Crippen molar-refractivity contribution >= 4 is 48.7 Å². The van der Waals surface area contributed by atoms with E-state index in [9.17, 15) is 8.42 Å². The van der Waals surface area contributed by atoms with Crippen molar-refractivity contribution < 1.29 is 8.42 Å². The highest BCUT2D eigenvalue weighted by Crippen LogP contribution is 2.23. The summed E-state index contributed by atoms with van der Waals surface area (Å²) in [4.78, 5) is 3.84. The molecule has 0 spiro atoms. The number of nitrogens with zero attached hydrogens (tertiary/aromatic N) is 1. The molecule has 0 N–H and O–H groups in total. The summed E-state index contributed by atoms with van der Waals surface area (Å²) in [6, 6.07) is 0. The topological polar surface area (TPSA) is 47.0 Å². The van der Waals surface area contributed by atoms with Crippen LogP contribution >= 0.6 is 38.9 Å². The fourth-order valence-corrected chi connectivity index (χ4v) is 4.13. The quantitative estimate of drug-likeness (QED) is 0.805. The Morgan fingerprint density at radius 1 is 1.77 bits per heavy atom. The van der Waals surface area contributed by atoms with Crippen molar-refractivity contribution in [1.82, 2.24) is 4.98 Å². The van der Waals surface area contributed by atoms with Gasteiger partial charge in [0.2, 0.25) is 14.2 Å². The minimum Gasteiger partial charge on any atom is -0.221 e. The average molecular weight is 305 g/mol. The van der Waals surface area contributed by atoms with Crippen molar-refractivity contribution in [3.63, 3.8) is 0 Å². The highest BCUT2D eigenvalue weighted by molar-refractivity contribution is 9.10. The summed E-state index contributed by atoms with van der Waals surface area (Å²) in [6.07, 6.45) is 0. The highest BCUT2D eigenvalue weighted by Gasteiger charge is 2.25. The maximum atomic E-state index is 11.6. The molecule has 1 rings (SSSR count). The van der Waals surface area contributed by atoms with Crippen molar-refractivity contribution in [2.75, 3.05) is 5.88 Å². The lowest BCUT2D eigenvalue weighted by atomic mass is 10.6. The van der Waals surface area contributed by atoms with Gasteiger partial charge in [0.15, 0.2) is 0 Å². The van der Waals surface area contributed by atoms with E-state index in [1.54, 1.807) is 12.3 Å². The van der Waals surface area contributed by atoms with Gasteiger partial charge in [-0.15, -0.1) is 22.9 Å². The van der Waals surface area contributed by atoms with Crippen LogP contribution in [0.1, 0.15) is 6.92 Å². The van der Waals surface area contributed by atoms with Crippen LogP contribution in [0.5, 0.6) is 0 Å². The number of alkyl halides is 1. The smallest absolute Gasteiger partial charge is 0.210 e. The van der Waals surface area contributed by atoms with Crippen molar-refractivity contribution in [3.05, 3.63) is 9.98 Å². The van der Waals surface area contributed by atoms with E-state index in [0.29, 0.717) is 4.60 Å². The predicted octanol–water partition coefficient (Wildman–Crippen LogP) is 2.31. The number of hydrogen-bond acceptors (Lipinski definition) is 4. The summed E-state index contributed by atoms with van der Waals surface area (Å²) in [5.41, 5.74) is 0. The van der Waals surface area contributed by atoms with E-state index in [2.05, 4.69) is 20.9 Å². The molecule has 7 heteroatoms. The maximum Gasteiger partial charge on any atom is 0.210 e. The van der Waals surface area contributed by atoms with Crippen LogP contribution in [0.15, 0.2) is 14.3 Å². The zero-order chi connectivity index (χ0) is 10.1. The minimum atomic E-state index is -3.32. The van der Waals surface area contributed by atoms with Crippen LogP contribution in [-0.4, -0.2) is 24.5 Å². The first-order valence-corrected chi connectivity index (χ1v) is 7.14. The number of hydrogen-bond donors (Lipinski definition) is 0. The fraction of sp³-hybridized carbons (Fsp3) is 0.500. The average Bonchev–Trinajstić information content (AvgIpc) is 2.50. The molecule has 0 radical (unpaired) electrons. The zero-order valence-corrected chi connectivity index (χ0v) is 10.7. The Kier molecular flexibility index (Phi) is 3.73. The number of rotatable bonds is 3. The highest BCUT2D eigenvalue weighted by atomic mass is 79.9. The Balaban J connectivity index is 3.08. The van der Waals surface area contributed by atoms with Crippen molar-refractivity contribution in [2.24, 2.45) is 0 Å². The molecule has 1 aromatic heterocycles. The molecule has 1 atom stereocenters. The molecular weight excluding hydrogens is 298 g/mol. The fourth-order valence-electron chi connectivity index (χ4n) is 0.625. The molecule has 0 saturated heterocycles. The summed E-state index contributed by atoms with van der Waals surface area (Å²) in [5, 5.41) is 1.04. The molecule has 74 valence electrons. The standard InChI is InChI=1S/C6H7BrClNO2S2/c1-4(2-8)13(10,11)6-9-5(7)3-12-6/h3-4H,2H2,1H3. The van der Waals surface area contributed by atoms with Crippen molar-refractivity contribution in [2.45, 2.75) is 16.5 Å². The third kappa shape index (κ3) is 2.43. The predicted molar refractivity (Wildman–Crippen MR) is 57.2 cm³/mol. The Labute approximate surface area is 94.2 Å². The van der Waals surface area contributed by atoms with E-state index in [1.165, 1.54) is 0 Å². The van der Waals surface area contributed by atoms with Crippen molar-refractivity contribution in [1.29, 1.82) is 0 Å². The number of sulfone groups is 1. The molecule has 0 aliphatic carbocycles. The van der Waals surface area contributed by atoms with Gasteiger partial charge in [0.05, 0.1) is 5.25 Å². The molecule has 0 aliphatic rings. The van der Waals surface area contributed by atoms with Gasteiger partial charge in [0.25, 0.3) is 0 Å². The maximum absolute atomic E-state index is 11.6. The van der Waals surface area contributed by atoms with Crippen LogP contribution < -0.4 is 0 Å². The Morgan fingerprint density at radius 3 is 2.77 bits per heavy atom. The van der Waals surface area contributed by atoms with Gasteiger partial charge in [-0.1, -0.05) is 0 Å². The largest absolute Gasteiger partial charge is 0.221 e. The van der Waals surface area contributed by atoms with Gasteiger partial charge < -0.3 is 0 Å². The summed E-state index contributed by atoms with van der Waals surface area (Å²) in [5.74, 6) is 0.0829. The Bertz CT molecular complexity index is 389. The number of halogens is 2. The van der Waals surface area contributed by atoms with Gasteiger partial charge in [-0.2, -0.15) is 0 Å². The van der Waals surface area contributed by atoms with Crippen LogP contribution in [-0.2, 0) is 9.84 Å². The van der Waals surface area contributed by atoms with Gasteiger partial charge >= 0.3 is 0 Å². The summed E-state index contributed by atoms with van der Waals surface area (Å²) < 4.78 is 23.9.